The first-order chi connectivity index (χ1) is 18.4. The predicted octanol–water partition coefficient (Wildman–Crippen LogP) is 3.65. The van der Waals surface area contributed by atoms with Crippen molar-refractivity contribution in [3.05, 3.63) is 64.2 Å². The molecular formula is C27H33F2N7O2. The number of piperidine rings is 1. The first kappa shape index (κ1) is 25.9. The normalized spacial score (nSPS) is 22.2. The molecule has 4 heterocycles. The zero-order valence-electron chi connectivity index (χ0n) is 21.7. The van der Waals surface area contributed by atoms with Crippen molar-refractivity contribution >= 4 is 23.0 Å². The van der Waals surface area contributed by atoms with Gasteiger partial charge in [-0.15, -0.1) is 0 Å². The highest BCUT2D eigenvalue weighted by molar-refractivity contribution is 5.91. The lowest BCUT2D eigenvalue weighted by molar-refractivity contribution is 0.170. The molecule has 2 aliphatic rings. The monoisotopic (exact) mass is 525 g/mol. The van der Waals surface area contributed by atoms with E-state index in [2.05, 4.69) is 20.3 Å². The minimum atomic E-state index is -0.849. The van der Waals surface area contributed by atoms with Gasteiger partial charge in [0.15, 0.2) is 17.3 Å². The zero-order chi connectivity index (χ0) is 26.8. The van der Waals surface area contributed by atoms with Crippen LogP contribution in [0.1, 0.15) is 50.1 Å². The molecule has 0 saturated carbocycles. The number of pyridine rings is 1. The number of carbonyl (C=O) groups excluding carboxylic acids is 1. The number of fused-ring (bicyclic) bond motifs is 1. The van der Waals surface area contributed by atoms with E-state index in [0.29, 0.717) is 63.1 Å². The third-order valence-electron chi connectivity index (χ3n) is 7.82. The number of benzene rings is 1. The maximum atomic E-state index is 14.6. The lowest BCUT2D eigenvalue weighted by atomic mass is 9.93. The molecule has 1 aromatic carbocycles. The number of carbonyl (C=O) groups is 1. The van der Waals surface area contributed by atoms with E-state index in [1.165, 1.54) is 6.07 Å². The van der Waals surface area contributed by atoms with Crippen molar-refractivity contribution in [3.63, 3.8) is 0 Å². The Bertz CT molecular complexity index is 1390. The van der Waals surface area contributed by atoms with Gasteiger partial charge in [-0.05, 0) is 56.4 Å². The van der Waals surface area contributed by atoms with Gasteiger partial charge in [0.1, 0.15) is 5.84 Å². The van der Waals surface area contributed by atoms with Crippen molar-refractivity contribution in [1.82, 2.24) is 29.7 Å². The van der Waals surface area contributed by atoms with E-state index in [-0.39, 0.29) is 29.7 Å². The number of urea groups is 1. The van der Waals surface area contributed by atoms with E-state index in [4.69, 9.17) is 0 Å². The summed E-state index contributed by atoms with van der Waals surface area (Å²) in [6.45, 7) is 4.13. The molecule has 0 spiro atoms. The van der Waals surface area contributed by atoms with Crippen LogP contribution >= 0.6 is 0 Å². The minimum Gasteiger partial charge on any atom is -0.358 e. The van der Waals surface area contributed by atoms with Gasteiger partial charge in [0.05, 0.1) is 11.6 Å². The smallest absolute Gasteiger partial charge is 0.327 e. The maximum absolute atomic E-state index is 14.6. The molecule has 0 bridgehead atoms. The van der Waals surface area contributed by atoms with Crippen LogP contribution < -0.4 is 11.0 Å². The van der Waals surface area contributed by atoms with Crippen molar-refractivity contribution in [2.24, 2.45) is 4.99 Å². The number of rotatable bonds is 4. The lowest BCUT2D eigenvalue weighted by Crippen LogP contribution is -2.53. The second kappa shape index (κ2) is 10.9. The standard InChI is InChI=1S/C27H33F2N7O2/c1-3-34-16-17(19-6-4-7-20(28)23(19)29)9-10-21(25(34)30-2)32-26(37)35-14-11-18(12-15-35)36-22-8-5-13-31-24(22)33-27(36)38/h4-8,13,17-18,21H,3,9-12,14-16H2,1-2H3,(H,32,37)(H,31,33,38)/b30-25+/t17-,21-/m1/s1. The summed E-state index contributed by atoms with van der Waals surface area (Å²) in [5, 5.41) is 3.14. The van der Waals surface area contributed by atoms with Crippen molar-refractivity contribution in [1.29, 1.82) is 0 Å². The largest absolute Gasteiger partial charge is 0.358 e. The van der Waals surface area contributed by atoms with E-state index >= 15 is 0 Å². The molecule has 2 aromatic heterocycles. The Balaban J connectivity index is 1.26. The molecule has 2 aliphatic heterocycles. The van der Waals surface area contributed by atoms with Crippen molar-refractivity contribution in [2.45, 2.75) is 50.6 Å². The molecule has 2 amide bonds. The SMILES string of the molecule is CCN1C[C@H](c2cccc(F)c2F)CC[C@@H](NC(=O)N2CCC(n3c(=O)[nH]c4ncccc43)CC2)/C1=N\C. The van der Waals surface area contributed by atoms with Gasteiger partial charge in [0.2, 0.25) is 0 Å². The number of amidine groups is 1. The van der Waals surface area contributed by atoms with Crippen molar-refractivity contribution < 1.29 is 13.6 Å². The molecule has 2 saturated heterocycles. The maximum Gasteiger partial charge on any atom is 0.327 e. The van der Waals surface area contributed by atoms with Gasteiger partial charge in [-0.25, -0.2) is 23.4 Å². The molecule has 0 radical (unpaired) electrons. The number of aliphatic imine (C=N–C) groups is 1. The topological polar surface area (TPSA) is 98.6 Å². The number of nitrogens with zero attached hydrogens (tertiary/aromatic N) is 5. The number of aromatic amines is 1. The van der Waals surface area contributed by atoms with E-state index in [1.807, 2.05) is 17.9 Å². The summed E-state index contributed by atoms with van der Waals surface area (Å²) in [4.78, 5) is 41.2. The highest BCUT2D eigenvalue weighted by Gasteiger charge is 2.33. The van der Waals surface area contributed by atoms with Gasteiger partial charge >= 0.3 is 11.7 Å². The molecule has 2 atom stereocenters. The molecule has 0 unspecified atom stereocenters. The zero-order valence-corrected chi connectivity index (χ0v) is 21.7. The molecule has 38 heavy (non-hydrogen) atoms. The molecule has 2 fully saturated rings. The average molecular weight is 526 g/mol. The van der Waals surface area contributed by atoms with Crippen LogP contribution in [0.2, 0.25) is 0 Å². The van der Waals surface area contributed by atoms with Crippen LogP contribution in [0.3, 0.4) is 0 Å². The summed E-state index contributed by atoms with van der Waals surface area (Å²) in [5.41, 5.74) is 1.50. The summed E-state index contributed by atoms with van der Waals surface area (Å²) in [7, 11) is 1.69. The number of likely N-dealkylation sites (tertiary alicyclic amines) is 2. The van der Waals surface area contributed by atoms with E-state index in [9.17, 15) is 18.4 Å². The molecule has 5 rings (SSSR count). The molecule has 3 aromatic rings. The van der Waals surface area contributed by atoms with Gasteiger partial charge in [-0.2, -0.15) is 0 Å². The summed E-state index contributed by atoms with van der Waals surface area (Å²) in [6, 6.07) is 7.44. The predicted molar refractivity (Wildman–Crippen MR) is 141 cm³/mol. The van der Waals surface area contributed by atoms with Gasteiger partial charge in [-0.1, -0.05) is 12.1 Å². The average Bonchev–Trinajstić information content (AvgIpc) is 3.16. The van der Waals surface area contributed by atoms with Gasteiger partial charge in [0.25, 0.3) is 0 Å². The van der Waals surface area contributed by atoms with Gasteiger partial charge in [-0.3, -0.25) is 14.5 Å². The Morgan fingerprint density at radius 3 is 2.68 bits per heavy atom. The fourth-order valence-electron chi connectivity index (χ4n) is 5.87. The third-order valence-corrected chi connectivity index (χ3v) is 7.82. The summed E-state index contributed by atoms with van der Waals surface area (Å²) >= 11 is 0. The summed E-state index contributed by atoms with van der Waals surface area (Å²) in [6.07, 6.45) is 4.09. The number of hydrogen-bond donors (Lipinski definition) is 2. The summed E-state index contributed by atoms with van der Waals surface area (Å²) in [5.74, 6) is -1.13. The minimum absolute atomic E-state index is 0.0207. The van der Waals surface area contributed by atoms with Crippen molar-refractivity contribution in [3.8, 4) is 0 Å². The number of H-pyrrole nitrogens is 1. The van der Waals surface area contributed by atoms with Crippen LogP contribution in [0.25, 0.3) is 11.2 Å². The lowest BCUT2D eigenvalue weighted by Gasteiger charge is -2.34. The first-order valence-electron chi connectivity index (χ1n) is 13.2. The second-order valence-electron chi connectivity index (χ2n) is 9.93. The van der Waals surface area contributed by atoms with E-state index in [0.717, 1.165) is 17.4 Å². The summed E-state index contributed by atoms with van der Waals surface area (Å²) < 4.78 is 30.3. The number of likely N-dealkylation sites (N-methyl/N-ethyl adjacent to an activating group) is 1. The van der Waals surface area contributed by atoms with Gasteiger partial charge < -0.3 is 15.1 Å². The van der Waals surface area contributed by atoms with Crippen LogP contribution in [-0.2, 0) is 0 Å². The fraction of sp³-hybridized carbons (Fsp3) is 0.481. The highest BCUT2D eigenvalue weighted by Crippen LogP contribution is 2.31. The Morgan fingerprint density at radius 2 is 1.95 bits per heavy atom. The third kappa shape index (κ3) is 4.89. The highest BCUT2D eigenvalue weighted by atomic mass is 19.2. The molecular weight excluding hydrogens is 492 g/mol. The Labute approximate surface area is 219 Å². The number of nitrogens with one attached hydrogen (secondary N) is 2. The number of imidazole rings is 1. The quantitative estimate of drug-likeness (QED) is 0.543. The molecule has 2 N–H and O–H groups in total. The first-order valence-corrected chi connectivity index (χ1v) is 13.2. The molecule has 11 heteroatoms. The Morgan fingerprint density at radius 1 is 1.16 bits per heavy atom. The molecule has 202 valence electrons. The Kier molecular flexibility index (Phi) is 7.44. The number of aromatic nitrogens is 3. The number of hydrogen-bond acceptors (Lipinski definition) is 4. The number of amides is 2. The van der Waals surface area contributed by atoms with E-state index in [1.54, 1.807) is 34.8 Å². The molecule has 0 aliphatic carbocycles. The van der Waals surface area contributed by atoms with Crippen LogP contribution in [0.5, 0.6) is 0 Å². The second-order valence-corrected chi connectivity index (χ2v) is 9.93. The van der Waals surface area contributed by atoms with Crippen molar-refractivity contribution in [2.75, 3.05) is 33.2 Å². The molecule has 9 nitrogen and oxygen atoms in total. The van der Waals surface area contributed by atoms with Gasteiger partial charge in [0, 0.05) is 51.4 Å². The van der Waals surface area contributed by atoms with Crippen LogP contribution in [-0.4, -0.2) is 75.5 Å². The van der Waals surface area contributed by atoms with Crippen LogP contribution in [0, 0.1) is 11.6 Å². The Hall–Kier alpha value is -3.76. The van der Waals surface area contributed by atoms with Crippen LogP contribution in [0.15, 0.2) is 46.3 Å². The van der Waals surface area contributed by atoms with E-state index < -0.39 is 11.6 Å². The fourth-order valence-corrected chi connectivity index (χ4v) is 5.87. The number of halogens is 2. The van der Waals surface area contributed by atoms with Crippen LogP contribution in [0.4, 0.5) is 13.6 Å².